The molecule has 4 rings (SSSR count). The summed E-state index contributed by atoms with van der Waals surface area (Å²) in [7, 11) is -3.85. The Labute approximate surface area is 227 Å². The zero-order valence-electron chi connectivity index (χ0n) is 22.4. The van der Waals surface area contributed by atoms with E-state index in [9.17, 15) is 21.6 Å². The molecule has 0 unspecified atom stereocenters. The van der Waals surface area contributed by atoms with Gasteiger partial charge in [-0.15, -0.1) is 0 Å². The largest absolute Gasteiger partial charge is 0.343 e. The van der Waals surface area contributed by atoms with Crippen LogP contribution in [0.15, 0.2) is 58.3 Å². The van der Waals surface area contributed by atoms with Gasteiger partial charge >= 0.3 is 0 Å². The van der Waals surface area contributed by atoms with Crippen LogP contribution in [0.2, 0.25) is 0 Å². The lowest BCUT2D eigenvalue weighted by Crippen LogP contribution is -2.37. The molecule has 11 heteroatoms. The Kier molecular flexibility index (Phi) is 10.9. The van der Waals surface area contributed by atoms with Crippen molar-refractivity contribution in [3.63, 3.8) is 0 Å². The van der Waals surface area contributed by atoms with Gasteiger partial charge in [-0.25, -0.2) is 26.3 Å². The van der Waals surface area contributed by atoms with Crippen molar-refractivity contribution in [2.45, 2.75) is 60.7 Å². The molecular weight excluding hydrogens is 524 g/mol. The van der Waals surface area contributed by atoms with E-state index >= 15 is 0 Å². The van der Waals surface area contributed by atoms with Gasteiger partial charge in [-0.2, -0.15) is 0 Å². The highest BCUT2D eigenvalue weighted by atomic mass is 32.2. The van der Waals surface area contributed by atoms with Crippen LogP contribution >= 0.6 is 0 Å². The summed E-state index contributed by atoms with van der Waals surface area (Å²) in [6.07, 6.45) is 4.67. The van der Waals surface area contributed by atoms with Crippen LogP contribution < -0.4 is 14.8 Å². The van der Waals surface area contributed by atoms with Crippen molar-refractivity contribution in [3.8, 4) is 0 Å². The van der Waals surface area contributed by atoms with E-state index in [4.69, 9.17) is 0 Å². The highest BCUT2D eigenvalue weighted by Crippen LogP contribution is 2.29. The fourth-order valence-corrected chi connectivity index (χ4v) is 6.38. The van der Waals surface area contributed by atoms with E-state index in [1.54, 1.807) is 24.3 Å². The van der Waals surface area contributed by atoms with Crippen molar-refractivity contribution in [1.82, 2.24) is 19.7 Å². The van der Waals surface area contributed by atoms with Crippen LogP contribution in [0.5, 0.6) is 0 Å². The Morgan fingerprint density at radius 1 is 0.763 bits per heavy atom. The van der Waals surface area contributed by atoms with E-state index in [0.717, 1.165) is 57.4 Å². The van der Waals surface area contributed by atoms with Gasteiger partial charge in [-0.1, -0.05) is 31.2 Å². The molecule has 0 aromatic heterocycles. The SMILES string of the molecule is CCC(=O)N1CCC(c2ccc(S(=O)(=O)NC)cc2)CC1.CNS(=O)(=O)c1ccc(C2CCNCC2)cc1. The molecule has 0 aliphatic carbocycles. The molecule has 3 N–H and O–H groups in total. The Morgan fingerprint density at radius 2 is 1.16 bits per heavy atom. The first kappa shape index (κ1) is 30.2. The van der Waals surface area contributed by atoms with Crippen molar-refractivity contribution in [2.75, 3.05) is 40.3 Å². The van der Waals surface area contributed by atoms with Crippen LogP contribution in [-0.2, 0) is 24.8 Å². The van der Waals surface area contributed by atoms with Gasteiger partial charge in [0.2, 0.25) is 26.0 Å². The van der Waals surface area contributed by atoms with Gasteiger partial charge in [0.25, 0.3) is 0 Å². The summed E-state index contributed by atoms with van der Waals surface area (Å²) in [6.45, 7) is 5.54. The molecule has 0 radical (unpaired) electrons. The van der Waals surface area contributed by atoms with Crippen LogP contribution in [0.25, 0.3) is 0 Å². The second-order valence-corrected chi connectivity index (χ2v) is 13.4. The molecule has 0 atom stereocenters. The van der Waals surface area contributed by atoms with Gasteiger partial charge in [0, 0.05) is 19.5 Å². The standard InChI is InChI=1S/C15H22N2O3S.C12H18N2O2S/c1-3-15(18)17-10-8-13(9-11-17)12-4-6-14(7-5-12)21(19,20)16-2;1-13-17(15,16)12-4-2-10(3-5-12)11-6-8-14-9-7-11/h4-7,13,16H,3,8-11H2,1-2H3;2-5,11,13-14H,6-9H2,1H3. The molecular formula is C27H40N4O5S2. The number of carbonyl (C=O) groups is 1. The number of nitrogens with one attached hydrogen (secondary N) is 3. The van der Waals surface area contributed by atoms with Gasteiger partial charge in [-0.3, -0.25) is 4.79 Å². The molecule has 0 saturated carbocycles. The number of carbonyl (C=O) groups excluding carboxylic acids is 1. The summed E-state index contributed by atoms with van der Waals surface area (Å²) in [5, 5.41) is 3.32. The molecule has 2 heterocycles. The number of piperidine rings is 2. The minimum atomic E-state index is -3.37. The molecule has 2 saturated heterocycles. The summed E-state index contributed by atoms with van der Waals surface area (Å²) < 4.78 is 51.1. The smallest absolute Gasteiger partial charge is 0.240 e. The zero-order chi connectivity index (χ0) is 27.8. The van der Waals surface area contributed by atoms with E-state index in [2.05, 4.69) is 14.8 Å². The highest BCUT2D eigenvalue weighted by molar-refractivity contribution is 7.89. The first-order valence-electron chi connectivity index (χ1n) is 13.2. The second kappa shape index (κ2) is 13.7. The fourth-order valence-electron chi connectivity index (χ4n) is 4.92. The third-order valence-electron chi connectivity index (χ3n) is 7.35. The Hall–Kier alpha value is -2.31. The van der Waals surface area contributed by atoms with Gasteiger partial charge in [-0.05, 0) is 100 Å². The third-order valence-corrected chi connectivity index (χ3v) is 10.2. The van der Waals surface area contributed by atoms with Crippen LogP contribution in [0.3, 0.4) is 0 Å². The number of sulfonamides is 2. The number of amides is 1. The number of hydrogen-bond donors (Lipinski definition) is 3. The molecule has 9 nitrogen and oxygen atoms in total. The van der Waals surface area contributed by atoms with Gasteiger partial charge < -0.3 is 10.2 Å². The number of likely N-dealkylation sites (tertiary alicyclic amines) is 1. The first-order chi connectivity index (χ1) is 18.1. The number of nitrogens with zero attached hydrogens (tertiary/aromatic N) is 1. The summed E-state index contributed by atoms with van der Waals surface area (Å²) in [6, 6.07) is 14.3. The molecule has 210 valence electrons. The Morgan fingerprint density at radius 3 is 1.53 bits per heavy atom. The minimum absolute atomic E-state index is 0.212. The minimum Gasteiger partial charge on any atom is -0.343 e. The molecule has 2 aliphatic heterocycles. The highest BCUT2D eigenvalue weighted by Gasteiger charge is 2.23. The van der Waals surface area contributed by atoms with Crippen LogP contribution in [0.4, 0.5) is 0 Å². The lowest BCUT2D eigenvalue weighted by atomic mass is 9.89. The average molecular weight is 565 g/mol. The monoisotopic (exact) mass is 564 g/mol. The summed E-state index contributed by atoms with van der Waals surface area (Å²) in [5.74, 6) is 1.17. The predicted molar refractivity (Wildman–Crippen MR) is 149 cm³/mol. The molecule has 2 aromatic rings. The lowest BCUT2D eigenvalue weighted by molar-refractivity contribution is -0.131. The Bertz CT molecular complexity index is 1250. The average Bonchev–Trinajstić information content (AvgIpc) is 2.97. The van der Waals surface area contributed by atoms with E-state index in [0.29, 0.717) is 23.2 Å². The molecule has 0 bridgehead atoms. The summed E-state index contributed by atoms with van der Waals surface area (Å²) in [4.78, 5) is 14.2. The maximum atomic E-state index is 11.7. The Balaban J connectivity index is 0.000000215. The molecule has 38 heavy (non-hydrogen) atoms. The third kappa shape index (κ3) is 7.86. The van der Waals surface area contributed by atoms with E-state index in [-0.39, 0.29) is 10.8 Å². The number of rotatable bonds is 7. The molecule has 2 aromatic carbocycles. The quantitative estimate of drug-likeness (QED) is 0.475. The number of hydrogen-bond acceptors (Lipinski definition) is 6. The maximum Gasteiger partial charge on any atom is 0.240 e. The number of benzene rings is 2. The van der Waals surface area contributed by atoms with E-state index in [1.165, 1.54) is 19.7 Å². The molecule has 0 spiro atoms. The van der Waals surface area contributed by atoms with Crippen LogP contribution in [0, 0.1) is 0 Å². The van der Waals surface area contributed by atoms with Crippen molar-refractivity contribution in [1.29, 1.82) is 0 Å². The predicted octanol–water partition coefficient (Wildman–Crippen LogP) is 2.77. The van der Waals surface area contributed by atoms with E-state index < -0.39 is 20.0 Å². The summed E-state index contributed by atoms with van der Waals surface area (Å²) in [5.41, 5.74) is 2.38. The van der Waals surface area contributed by atoms with Crippen molar-refractivity contribution in [2.24, 2.45) is 0 Å². The first-order valence-corrected chi connectivity index (χ1v) is 16.1. The van der Waals surface area contributed by atoms with Gasteiger partial charge in [0.1, 0.15) is 0 Å². The molecule has 2 fully saturated rings. The van der Waals surface area contributed by atoms with Gasteiger partial charge in [0.15, 0.2) is 0 Å². The lowest BCUT2D eigenvalue weighted by Gasteiger charge is -2.32. The van der Waals surface area contributed by atoms with Gasteiger partial charge in [0.05, 0.1) is 9.79 Å². The summed E-state index contributed by atoms with van der Waals surface area (Å²) >= 11 is 0. The molecule has 2 aliphatic rings. The van der Waals surface area contributed by atoms with Crippen molar-refractivity contribution < 1.29 is 21.6 Å². The van der Waals surface area contributed by atoms with Crippen LogP contribution in [-0.4, -0.2) is 67.9 Å². The van der Waals surface area contributed by atoms with E-state index in [1.807, 2.05) is 36.1 Å². The van der Waals surface area contributed by atoms with Crippen molar-refractivity contribution >= 4 is 26.0 Å². The molecule has 1 amide bonds. The second-order valence-electron chi connectivity index (χ2n) is 9.59. The zero-order valence-corrected chi connectivity index (χ0v) is 24.1. The topological polar surface area (TPSA) is 125 Å². The normalized spacial score (nSPS) is 17.5. The maximum absolute atomic E-state index is 11.7. The van der Waals surface area contributed by atoms with Crippen LogP contribution in [0.1, 0.15) is 62.0 Å². The van der Waals surface area contributed by atoms with Crippen molar-refractivity contribution in [3.05, 3.63) is 59.7 Å². The fraction of sp³-hybridized carbons (Fsp3) is 0.519.